The van der Waals surface area contributed by atoms with Crippen LogP contribution in [0.2, 0.25) is 0 Å². The molecule has 2 saturated heterocycles. The van der Waals surface area contributed by atoms with Gasteiger partial charge >= 0.3 is 6.03 Å². The van der Waals surface area contributed by atoms with Crippen molar-refractivity contribution in [2.45, 2.75) is 6.42 Å². The van der Waals surface area contributed by atoms with Gasteiger partial charge in [-0.25, -0.2) is 4.79 Å². The number of nitrogens with one attached hydrogen (secondary N) is 1. The number of benzene rings is 1. The van der Waals surface area contributed by atoms with Gasteiger partial charge in [0.15, 0.2) is 0 Å². The van der Waals surface area contributed by atoms with Crippen molar-refractivity contribution in [1.29, 1.82) is 0 Å². The Balaban J connectivity index is 1.48. The van der Waals surface area contributed by atoms with Crippen molar-refractivity contribution in [3.05, 3.63) is 29.8 Å². The minimum absolute atomic E-state index is 0.0268. The lowest BCUT2D eigenvalue weighted by Crippen LogP contribution is -2.50. The van der Waals surface area contributed by atoms with Gasteiger partial charge in [-0.2, -0.15) is 0 Å². The highest BCUT2D eigenvalue weighted by Crippen LogP contribution is 2.52. The molecule has 3 atom stereocenters. The van der Waals surface area contributed by atoms with Crippen LogP contribution < -0.4 is 10.2 Å². The third kappa shape index (κ3) is 2.96. The predicted molar refractivity (Wildman–Crippen MR) is 96.9 cm³/mol. The summed E-state index contributed by atoms with van der Waals surface area (Å²) in [6, 6.07) is 6.70. The van der Waals surface area contributed by atoms with Gasteiger partial charge in [-0.05, 0) is 44.0 Å². The molecule has 4 amide bonds. The first-order valence-corrected chi connectivity index (χ1v) is 9.10. The molecule has 1 saturated carbocycles. The standard InChI is InChI=1S/C19H24N4O3/c1-21(2)9-13-14-10-22(11-15(13)14)18(25)12-5-3-4-6-16(12)23-8-7-17(24)20-19(23)26/h3-6,13-15H,7-11H2,1-2H3,(H,20,24,26)/t13?,14-,15+. The normalized spacial score (nSPS) is 27.6. The molecule has 7 heteroatoms. The molecule has 1 N–H and O–H groups in total. The number of likely N-dealkylation sites (tertiary alicyclic amines) is 1. The van der Waals surface area contributed by atoms with Gasteiger partial charge in [-0.15, -0.1) is 0 Å². The quantitative estimate of drug-likeness (QED) is 0.874. The van der Waals surface area contributed by atoms with Crippen LogP contribution in [0, 0.1) is 17.8 Å². The van der Waals surface area contributed by atoms with E-state index in [9.17, 15) is 14.4 Å². The summed E-state index contributed by atoms with van der Waals surface area (Å²) < 4.78 is 0. The van der Waals surface area contributed by atoms with Crippen LogP contribution in [0.3, 0.4) is 0 Å². The van der Waals surface area contributed by atoms with E-state index in [0.717, 1.165) is 19.6 Å². The van der Waals surface area contributed by atoms with Crippen LogP contribution in [0.25, 0.3) is 0 Å². The number of anilines is 1. The lowest BCUT2D eigenvalue weighted by atomic mass is 10.1. The van der Waals surface area contributed by atoms with Crippen molar-refractivity contribution >= 4 is 23.5 Å². The first-order chi connectivity index (χ1) is 12.5. The molecule has 138 valence electrons. The predicted octanol–water partition coefficient (Wildman–Crippen LogP) is 1.01. The van der Waals surface area contributed by atoms with E-state index in [1.165, 1.54) is 4.90 Å². The fourth-order valence-corrected chi connectivity index (χ4v) is 4.36. The summed E-state index contributed by atoms with van der Waals surface area (Å²) >= 11 is 0. The van der Waals surface area contributed by atoms with E-state index >= 15 is 0 Å². The van der Waals surface area contributed by atoms with Crippen molar-refractivity contribution in [1.82, 2.24) is 15.1 Å². The molecule has 26 heavy (non-hydrogen) atoms. The first-order valence-electron chi connectivity index (χ1n) is 9.10. The molecule has 1 aliphatic carbocycles. The van der Waals surface area contributed by atoms with Gasteiger partial charge in [0.1, 0.15) is 0 Å². The number of fused-ring (bicyclic) bond motifs is 1. The van der Waals surface area contributed by atoms with Crippen LogP contribution in [0.4, 0.5) is 10.5 Å². The molecular weight excluding hydrogens is 332 g/mol. The SMILES string of the molecule is CN(C)CC1[C@H]2CN(C(=O)c3ccccc3N3CCC(=O)NC3=O)C[C@@H]12. The summed E-state index contributed by atoms with van der Waals surface area (Å²) in [6.45, 7) is 2.96. The van der Waals surface area contributed by atoms with Crippen LogP contribution in [0.1, 0.15) is 16.8 Å². The van der Waals surface area contributed by atoms with Crippen molar-refractivity contribution < 1.29 is 14.4 Å². The number of rotatable bonds is 4. The lowest BCUT2D eigenvalue weighted by molar-refractivity contribution is -0.120. The molecule has 0 aromatic heterocycles. The number of carbonyl (C=O) groups is 3. The average Bonchev–Trinajstić information content (AvgIpc) is 3.04. The number of piperidine rings is 1. The highest BCUT2D eigenvalue weighted by molar-refractivity contribution is 6.09. The highest BCUT2D eigenvalue weighted by atomic mass is 16.2. The van der Waals surface area contributed by atoms with Crippen molar-refractivity contribution in [3.8, 4) is 0 Å². The number of carbonyl (C=O) groups excluding carboxylic acids is 3. The highest BCUT2D eigenvalue weighted by Gasteiger charge is 2.56. The summed E-state index contributed by atoms with van der Waals surface area (Å²) in [6.07, 6.45) is 0.244. The monoisotopic (exact) mass is 356 g/mol. The van der Waals surface area contributed by atoms with E-state index in [1.54, 1.807) is 12.1 Å². The zero-order valence-corrected chi connectivity index (χ0v) is 15.1. The Morgan fingerprint density at radius 1 is 1.19 bits per heavy atom. The first kappa shape index (κ1) is 17.0. The maximum absolute atomic E-state index is 13.1. The Morgan fingerprint density at radius 3 is 2.54 bits per heavy atom. The van der Waals surface area contributed by atoms with Crippen molar-refractivity contribution in [2.75, 3.05) is 45.2 Å². The van der Waals surface area contributed by atoms with Gasteiger partial charge in [-0.1, -0.05) is 12.1 Å². The second-order valence-electron chi connectivity index (χ2n) is 7.74. The Labute approximate surface area is 152 Å². The van der Waals surface area contributed by atoms with Gasteiger partial charge in [0.2, 0.25) is 5.91 Å². The summed E-state index contributed by atoms with van der Waals surface area (Å²) in [5.41, 5.74) is 1.11. The zero-order valence-electron chi connectivity index (χ0n) is 15.1. The van der Waals surface area contributed by atoms with E-state index in [1.807, 2.05) is 17.0 Å². The van der Waals surface area contributed by atoms with Gasteiger partial charge < -0.3 is 9.80 Å². The molecule has 3 aliphatic rings. The summed E-state index contributed by atoms with van der Waals surface area (Å²) in [5.74, 6) is 1.60. The number of para-hydroxylation sites is 1. The third-order valence-corrected chi connectivity index (χ3v) is 5.71. The Hall–Kier alpha value is -2.41. The second kappa shape index (κ2) is 6.39. The smallest absolute Gasteiger partial charge is 0.328 e. The Kier molecular flexibility index (Phi) is 4.19. The fourth-order valence-electron chi connectivity index (χ4n) is 4.36. The molecule has 7 nitrogen and oxygen atoms in total. The summed E-state index contributed by atoms with van der Waals surface area (Å²) in [5, 5.41) is 2.32. The van der Waals surface area contributed by atoms with E-state index < -0.39 is 6.03 Å². The van der Waals surface area contributed by atoms with E-state index in [2.05, 4.69) is 24.3 Å². The molecule has 0 bridgehead atoms. The van der Waals surface area contributed by atoms with E-state index in [4.69, 9.17) is 0 Å². The minimum Gasteiger partial charge on any atom is -0.338 e. The fraction of sp³-hybridized carbons (Fsp3) is 0.526. The average molecular weight is 356 g/mol. The molecule has 0 spiro atoms. The number of urea groups is 1. The number of hydrogen-bond acceptors (Lipinski definition) is 4. The van der Waals surface area contributed by atoms with Gasteiger partial charge in [0.05, 0.1) is 11.3 Å². The number of hydrogen-bond donors (Lipinski definition) is 1. The van der Waals surface area contributed by atoms with Crippen LogP contribution in [0.5, 0.6) is 0 Å². The number of imide groups is 1. The molecule has 3 fully saturated rings. The maximum atomic E-state index is 13.1. The van der Waals surface area contributed by atoms with Crippen LogP contribution in [0.15, 0.2) is 24.3 Å². The lowest BCUT2D eigenvalue weighted by Gasteiger charge is -2.29. The largest absolute Gasteiger partial charge is 0.338 e. The molecular formula is C19H24N4O3. The molecule has 1 aromatic rings. The number of nitrogens with zero attached hydrogens (tertiary/aromatic N) is 3. The zero-order chi connectivity index (χ0) is 18.4. The van der Waals surface area contributed by atoms with E-state index in [0.29, 0.717) is 35.5 Å². The van der Waals surface area contributed by atoms with Gasteiger partial charge in [0.25, 0.3) is 5.91 Å². The molecule has 1 aromatic carbocycles. The minimum atomic E-state index is -0.461. The summed E-state index contributed by atoms with van der Waals surface area (Å²) in [4.78, 5) is 42.2. The molecule has 4 rings (SSSR count). The van der Waals surface area contributed by atoms with Crippen molar-refractivity contribution in [2.24, 2.45) is 17.8 Å². The Morgan fingerprint density at radius 2 is 1.88 bits per heavy atom. The molecule has 2 aliphatic heterocycles. The second-order valence-corrected chi connectivity index (χ2v) is 7.74. The van der Waals surface area contributed by atoms with Gasteiger partial charge in [-0.3, -0.25) is 19.8 Å². The van der Waals surface area contributed by atoms with Crippen LogP contribution in [-0.4, -0.2) is 67.9 Å². The van der Waals surface area contributed by atoms with Crippen LogP contribution >= 0.6 is 0 Å². The van der Waals surface area contributed by atoms with Crippen LogP contribution in [-0.2, 0) is 4.79 Å². The van der Waals surface area contributed by atoms with E-state index in [-0.39, 0.29) is 18.2 Å². The molecule has 0 radical (unpaired) electrons. The van der Waals surface area contributed by atoms with Gasteiger partial charge in [0, 0.05) is 32.6 Å². The molecule has 1 unspecified atom stereocenters. The summed E-state index contributed by atoms with van der Waals surface area (Å²) in [7, 11) is 4.17. The number of amides is 4. The maximum Gasteiger partial charge on any atom is 0.328 e. The van der Waals surface area contributed by atoms with Crippen molar-refractivity contribution in [3.63, 3.8) is 0 Å². The topological polar surface area (TPSA) is 73.0 Å². The third-order valence-electron chi connectivity index (χ3n) is 5.71. The molecule has 2 heterocycles. The Bertz CT molecular complexity index is 751.